The third-order valence-electron chi connectivity index (χ3n) is 2.86. The fraction of sp³-hybridized carbons (Fsp3) is 0.909. The van der Waals surface area contributed by atoms with Gasteiger partial charge in [0, 0.05) is 61.3 Å². The second-order valence-electron chi connectivity index (χ2n) is 4.84. The van der Waals surface area contributed by atoms with Gasteiger partial charge in [-0.15, -0.1) is 0 Å². The minimum absolute atomic E-state index is 0.551. The Kier molecular flexibility index (Phi) is 5.24. The van der Waals surface area contributed by atoms with Gasteiger partial charge in [-0.2, -0.15) is 0 Å². The van der Waals surface area contributed by atoms with Crippen LogP contribution >= 0.6 is 0 Å². The van der Waals surface area contributed by atoms with E-state index < -0.39 is 9.71 Å². The van der Waals surface area contributed by atoms with Crippen molar-refractivity contribution in [3.05, 3.63) is 0 Å². The maximum absolute atomic E-state index is 11.7. The molecule has 1 unspecified atom stereocenters. The normalized spacial score (nSPS) is 23.5. The second-order valence-corrected chi connectivity index (χ2v) is 7.27. The minimum atomic E-state index is -1.99. The lowest BCUT2D eigenvalue weighted by Crippen LogP contribution is -2.49. The molecule has 0 bridgehead atoms. The summed E-state index contributed by atoms with van der Waals surface area (Å²) in [6, 6.07) is 0.551. The summed E-state index contributed by atoms with van der Waals surface area (Å²) in [6.07, 6.45) is 1.73. The monoisotopic (exact) mass is 247 g/mol. The van der Waals surface area contributed by atoms with Crippen molar-refractivity contribution in [2.24, 2.45) is 0 Å². The largest absolute Gasteiger partial charge is 0.313 e. The molecule has 1 atom stereocenters. The van der Waals surface area contributed by atoms with E-state index in [1.807, 2.05) is 4.31 Å². The van der Waals surface area contributed by atoms with Gasteiger partial charge in [0.05, 0.1) is 0 Å². The van der Waals surface area contributed by atoms with Crippen LogP contribution in [-0.4, -0.2) is 70.9 Å². The molecular formula is C11H25N3OS. The highest BCUT2D eigenvalue weighted by Gasteiger charge is 2.19. The van der Waals surface area contributed by atoms with E-state index in [1.54, 1.807) is 6.26 Å². The van der Waals surface area contributed by atoms with E-state index in [-0.39, 0.29) is 0 Å². The quantitative estimate of drug-likeness (QED) is 0.687. The van der Waals surface area contributed by atoms with Crippen molar-refractivity contribution in [1.29, 1.82) is 0 Å². The Morgan fingerprint density at radius 1 is 1.31 bits per heavy atom. The first-order valence-corrected chi connectivity index (χ1v) is 8.02. The lowest BCUT2D eigenvalue weighted by atomic mass is 10.3. The third-order valence-corrected chi connectivity index (χ3v) is 4.32. The Bertz CT molecular complexity index is 292. The number of hydrogen-bond donors (Lipinski definition) is 1. The van der Waals surface area contributed by atoms with Crippen LogP contribution in [0.25, 0.3) is 0 Å². The van der Waals surface area contributed by atoms with E-state index in [9.17, 15) is 4.21 Å². The summed E-state index contributed by atoms with van der Waals surface area (Å²) in [7, 11) is -1.99. The van der Waals surface area contributed by atoms with Crippen LogP contribution in [0.2, 0.25) is 0 Å². The predicted octanol–water partition coefficient (Wildman–Crippen LogP) is -0.137. The van der Waals surface area contributed by atoms with Crippen LogP contribution in [0.5, 0.6) is 0 Å². The first kappa shape index (κ1) is 14.0. The number of rotatable bonds is 5. The Hall–Kier alpha value is -0.100. The van der Waals surface area contributed by atoms with Gasteiger partial charge in [-0.3, -0.25) is 9.11 Å². The molecule has 1 saturated heterocycles. The molecule has 0 aliphatic carbocycles. The molecule has 1 fully saturated rings. The number of nitrogens with one attached hydrogen (secondary N) is 1. The van der Waals surface area contributed by atoms with Gasteiger partial charge in [0.2, 0.25) is 0 Å². The minimum Gasteiger partial charge on any atom is -0.313 e. The van der Waals surface area contributed by atoms with Crippen molar-refractivity contribution in [3.63, 3.8) is 0 Å². The fourth-order valence-corrected chi connectivity index (χ4v) is 2.79. The molecule has 0 saturated carbocycles. The Labute approximate surface area is 100 Å². The van der Waals surface area contributed by atoms with Crippen LogP contribution in [0.15, 0.2) is 0 Å². The second kappa shape index (κ2) is 6.00. The van der Waals surface area contributed by atoms with E-state index in [1.165, 1.54) is 0 Å². The van der Waals surface area contributed by atoms with Crippen LogP contribution in [0.3, 0.4) is 0 Å². The molecule has 16 heavy (non-hydrogen) atoms. The van der Waals surface area contributed by atoms with Gasteiger partial charge in [0.1, 0.15) is 0 Å². The molecular weight excluding hydrogens is 222 g/mol. The van der Waals surface area contributed by atoms with Gasteiger partial charge in [-0.1, -0.05) is 13.8 Å². The molecule has 0 amide bonds. The number of hydrogen-bond acceptors (Lipinski definition) is 3. The molecule has 1 N–H and O–H groups in total. The van der Waals surface area contributed by atoms with Crippen molar-refractivity contribution in [1.82, 2.24) is 14.5 Å². The first-order valence-electron chi connectivity index (χ1n) is 5.92. The molecule has 0 aromatic carbocycles. The van der Waals surface area contributed by atoms with Crippen LogP contribution in [0.1, 0.15) is 13.8 Å². The molecule has 0 aromatic rings. The van der Waals surface area contributed by atoms with Crippen LogP contribution in [0.4, 0.5) is 0 Å². The summed E-state index contributed by atoms with van der Waals surface area (Å²) in [5.41, 5.74) is 0. The van der Waals surface area contributed by atoms with Gasteiger partial charge in [-0.25, -0.2) is 4.31 Å². The van der Waals surface area contributed by atoms with Gasteiger partial charge < -0.3 is 5.32 Å². The maximum atomic E-state index is 11.7. The van der Waals surface area contributed by atoms with E-state index >= 15 is 0 Å². The average Bonchev–Trinajstić information content (AvgIpc) is 2.16. The Morgan fingerprint density at radius 3 is 2.31 bits per heavy atom. The van der Waals surface area contributed by atoms with Crippen LogP contribution in [0, 0.1) is 0 Å². The zero-order chi connectivity index (χ0) is 12.2. The molecule has 4 nitrogen and oxygen atoms in total. The molecule has 5 heteroatoms. The SMILES string of the molecule is C=S(C)(=O)N1CCN(CCNC(C)C)CC1. The highest BCUT2D eigenvalue weighted by molar-refractivity contribution is 7.97. The highest BCUT2D eigenvalue weighted by atomic mass is 32.2. The van der Waals surface area contributed by atoms with Crippen LogP contribution < -0.4 is 5.32 Å². The van der Waals surface area contributed by atoms with E-state index in [4.69, 9.17) is 0 Å². The van der Waals surface area contributed by atoms with Crippen molar-refractivity contribution in [2.75, 3.05) is 45.5 Å². The van der Waals surface area contributed by atoms with Gasteiger partial charge in [-0.05, 0) is 5.87 Å². The molecule has 0 radical (unpaired) electrons. The van der Waals surface area contributed by atoms with E-state index in [0.29, 0.717) is 6.04 Å². The lowest BCUT2D eigenvalue weighted by Gasteiger charge is -2.35. The van der Waals surface area contributed by atoms with Crippen molar-refractivity contribution >= 4 is 15.6 Å². The number of piperazine rings is 1. The van der Waals surface area contributed by atoms with Crippen molar-refractivity contribution in [2.45, 2.75) is 19.9 Å². The van der Waals surface area contributed by atoms with Gasteiger partial charge in [0.25, 0.3) is 0 Å². The van der Waals surface area contributed by atoms with E-state index in [0.717, 1.165) is 39.3 Å². The maximum Gasteiger partial charge on any atom is 0.0246 e. The molecule has 1 aliphatic heterocycles. The topological polar surface area (TPSA) is 35.6 Å². The Morgan fingerprint density at radius 2 is 1.88 bits per heavy atom. The summed E-state index contributed by atoms with van der Waals surface area (Å²) in [6.45, 7) is 10.2. The summed E-state index contributed by atoms with van der Waals surface area (Å²) < 4.78 is 13.7. The molecule has 1 aliphatic rings. The molecule has 0 spiro atoms. The van der Waals surface area contributed by atoms with Crippen molar-refractivity contribution in [3.8, 4) is 0 Å². The average molecular weight is 247 g/mol. The zero-order valence-electron chi connectivity index (χ0n) is 10.7. The molecule has 96 valence electrons. The lowest BCUT2D eigenvalue weighted by molar-refractivity contribution is 0.192. The van der Waals surface area contributed by atoms with Gasteiger partial charge in [0.15, 0.2) is 0 Å². The highest BCUT2D eigenvalue weighted by Crippen LogP contribution is 2.05. The summed E-state index contributed by atoms with van der Waals surface area (Å²) >= 11 is 0. The molecule has 1 rings (SSSR count). The summed E-state index contributed by atoms with van der Waals surface area (Å²) in [5.74, 6) is 3.73. The third kappa shape index (κ3) is 4.82. The van der Waals surface area contributed by atoms with E-state index in [2.05, 4.69) is 29.9 Å². The summed E-state index contributed by atoms with van der Waals surface area (Å²) in [5, 5.41) is 3.41. The number of nitrogens with zero attached hydrogens (tertiary/aromatic N) is 2. The fourth-order valence-electron chi connectivity index (χ4n) is 1.85. The summed E-state index contributed by atoms with van der Waals surface area (Å²) in [4.78, 5) is 2.41. The molecule has 1 heterocycles. The smallest absolute Gasteiger partial charge is 0.0246 e. The standard InChI is InChI=1S/C11H25N3OS/c1-11(2)12-5-6-13-7-9-14(10-8-13)16(3,4)15/h11-12H,3,5-10H2,1-2,4H3. The Balaban J connectivity index is 2.22. The zero-order valence-corrected chi connectivity index (χ0v) is 11.6. The predicted molar refractivity (Wildman–Crippen MR) is 72.3 cm³/mol. The van der Waals surface area contributed by atoms with Crippen LogP contribution in [-0.2, 0) is 9.71 Å². The van der Waals surface area contributed by atoms with Gasteiger partial charge >= 0.3 is 0 Å². The molecule has 0 aromatic heterocycles. The first-order chi connectivity index (χ1) is 7.39. The van der Waals surface area contributed by atoms with Crippen molar-refractivity contribution < 1.29 is 4.21 Å².